The molecule has 1 aromatic rings. The van der Waals surface area contributed by atoms with Crippen LogP contribution in [0.15, 0.2) is 18.2 Å². The molecule has 4 heteroatoms. The molecule has 0 bridgehead atoms. The summed E-state index contributed by atoms with van der Waals surface area (Å²) in [5.74, 6) is 0. The molecule has 0 spiro atoms. The molecular weight excluding hydrogens is 252 g/mol. The Morgan fingerprint density at radius 2 is 1.90 bits per heavy atom. The van der Waals surface area contributed by atoms with Crippen LogP contribution >= 0.6 is 0 Å². The van der Waals surface area contributed by atoms with Gasteiger partial charge < -0.3 is 10.5 Å². The minimum absolute atomic E-state index is 0.415. The van der Waals surface area contributed by atoms with Crippen molar-refractivity contribution in [3.63, 3.8) is 0 Å². The summed E-state index contributed by atoms with van der Waals surface area (Å²) in [6.45, 7) is 4.60. The zero-order chi connectivity index (χ0) is 14.8. The molecule has 0 unspecified atom stereocenters. The summed E-state index contributed by atoms with van der Waals surface area (Å²) in [7, 11) is 0. The number of carbonyl (C=O) groups excluding carboxylic acids is 1. The molecule has 0 aliphatic rings. The third kappa shape index (κ3) is 6.45. The summed E-state index contributed by atoms with van der Waals surface area (Å²) in [5.41, 5.74) is 8.11. The molecule has 1 aromatic carbocycles. The number of amides is 1. The Morgan fingerprint density at radius 1 is 1.20 bits per heavy atom. The van der Waals surface area contributed by atoms with Gasteiger partial charge in [0.05, 0.1) is 6.61 Å². The van der Waals surface area contributed by atoms with Gasteiger partial charge in [-0.2, -0.15) is 0 Å². The van der Waals surface area contributed by atoms with Crippen LogP contribution in [-0.2, 0) is 4.74 Å². The number of ether oxygens (including phenoxy) is 1. The first-order valence-corrected chi connectivity index (χ1v) is 7.43. The van der Waals surface area contributed by atoms with Gasteiger partial charge in [0.1, 0.15) is 0 Å². The smallest absolute Gasteiger partial charge is 0.411 e. The maximum Gasteiger partial charge on any atom is 0.411 e. The molecule has 0 saturated carbocycles. The molecule has 0 radical (unpaired) electrons. The van der Waals surface area contributed by atoms with Crippen LogP contribution in [0.25, 0.3) is 0 Å². The van der Waals surface area contributed by atoms with Crippen molar-refractivity contribution in [1.29, 1.82) is 0 Å². The van der Waals surface area contributed by atoms with E-state index in [-0.39, 0.29) is 0 Å². The van der Waals surface area contributed by atoms with E-state index in [0.29, 0.717) is 18.0 Å². The fourth-order valence-electron chi connectivity index (χ4n) is 1.92. The third-order valence-corrected chi connectivity index (χ3v) is 3.26. The summed E-state index contributed by atoms with van der Waals surface area (Å²) in [6.07, 6.45) is 6.65. The summed E-state index contributed by atoms with van der Waals surface area (Å²) < 4.78 is 5.13. The van der Waals surface area contributed by atoms with Crippen LogP contribution in [0.4, 0.5) is 16.2 Å². The number of hydrogen-bond donors (Lipinski definition) is 2. The quantitative estimate of drug-likeness (QED) is 0.544. The van der Waals surface area contributed by atoms with E-state index in [1.807, 2.05) is 19.1 Å². The van der Waals surface area contributed by atoms with Crippen LogP contribution in [-0.4, -0.2) is 12.7 Å². The van der Waals surface area contributed by atoms with E-state index in [4.69, 9.17) is 10.5 Å². The molecule has 0 atom stereocenters. The SMILES string of the molecule is CCCCCCCCOC(=O)Nc1ccc(C)c(N)c1. The number of benzene rings is 1. The van der Waals surface area contributed by atoms with Crippen LogP contribution in [0.1, 0.15) is 51.0 Å². The van der Waals surface area contributed by atoms with Gasteiger partial charge in [0.25, 0.3) is 0 Å². The second-order valence-electron chi connectivity index (χ2n) is 5.10. The number of nitrogen functional groups attached to an aromatic ring is 1. The van der Waals surface area contributed by atoms with Gasteiger partial charge in [0.15, 0.2) is 0 Å². The number of hydrogen-bond acceptors (Lipinski definition) is 3. The van der Waals surface area contributed by atoms with E-state index in [2.05, 4.69) is 12.2 Å². The molecular formula is C16H26N2O2. The molecule has 20 heavy (non-hydrogen) atoms. The number of rotatable bonds is 8. The molecule has 0 heterocycles. The van der Waals surface area contributed by atoms with Gasteiger partial charge in [-0.25, -0.2) is 4.79 Å². The number of anilines is 2. The van der Waals surface area contributed by atoms with E-state index in [9.17, 15) is 4.79 Å². The summed E-state index contributed by atoms with van der Waals surface area (Å²) in [6, 6.07) is 5.43. The normalized spacial score (nSPS) is 10.3. The first-order valence-electron chi connectivity index (χ1n) is 7.43. The predicted octanol–water partition coefficient (Wildman–Crippen LogP) is 4.49. The van der Waals surface area contributed by atoms with Crippen molar-refractivity contribution in [2.75, 3.05) is 17.7 Å². The standard InChI is InChI=1S/C16H26N2O2/c1-3-4-5-6-7-8-11-20-16(19)18-14-10-9-13(2)15(17)12-14/h9-10,12H,3-8,11,17H2,1-2H3,(H,18,19). The lowest BCUT2D eigenvalue weighted by atomic mass is 10.1. The van der Waals surface area contributed by atoms with Crippen molar-refractivity contribution >= 4 is 17.5 Å². The average molecular weight is 278 g/mol. The first kappa shape index (κ1) is 16.3. The van der Waals surface area contributed by atoms with Gasteiger partial charge >= 0.3 is 6.09 Å². The van der Waals surface area contributed by atoms with Gasteiger partial charge in [-0.1, -0.05) is 45.1 Å². The minimum Gasteiger partial charge on any atom is -0.449 e. The van der Waals surface area contributed by atoms with Gasteiger partial charge in [-0.3, -0.25) is 5.32 Å². The van der Waals surface area contributed by atoms with Crippen LogP contribution in [0.5, 0.6) is 0 Å². The van der Waals surface area contributed by atoms with Crippen LogP contribution in [0.2, 0.25) is 0 Å². The maximum absolute atomic E-state index is 11.6. The van der Waals surface area contributed by atoms with E-state index in [1.54, 1.807) is 6.07 Å². The van der Waals surface area contributed by atoms with Gasteiger partial charge in [-0.15, -0.1) is 0 Å². The van der Waals surface area contributed by atoms with E-state index < -0.39 is 6.09 Å². The van der Waals surface area contributed by atoms with Crippen molar-refractivity contribution in [1.82, 2.24) is 0 Å². The van der Waals surface area contributed by atoms with Crippen molar-refractivity contribution in [3.05, 3.63) is 23.8 Å². The Morgan fingerprint density at radius 3 is 2.60 bits per heavy atom. The zero-order valence-corrected chi connectivity index (χ0v) is 12.6. The molecule has 0 aromatic heterocycles. The molecule has 3 N–H and O–H groups in total. The lowest BCUT2D eigenvalue weighted by Gasteiger charge is -2.08. The van der Waals surface area contributed by atoms with Gasteiger partial charge in [0, 0.05) is 11.4 Å². The second kappa shape index (κ2) is 9.23. The molecule has 1 rings (SSSR count). The number of nitrogens with one attached hydrogen (secondary N) is 1. The zero-order valence-electron chi connectivity index (χ0n) is 12.6. The Bertz CT molecular complexity index is 419. The maximum atomic E-state index is 11.6. The van der Waals surface area contributed by atoms with E-state index in [0.717, 1.165) is 18.4 Å². The lowest BCUT2D eigenvalue weighted by molar-refractivity contribution is 0.159. The van der Waals surface area contributed by atoms with Crippen LogP contribution < -0.4 is 11.1 Å². The summed E-state index contributed by atoms with van der Waals surface area (Å²) in [5, 5.41) is 2.68. The van der Waals surface area contributed by atoms with Gasteiger partial charge in [-0.05, 0) is 31.0 Å². The minimum atomic E-state index is -0.415. The van der Waals surface area contributed by atoms with Gasteiger partial charge in [0.2, 0.25) is 0 Å². The Labute approximate surface area is 121 Å². The second-order valence-corrected chi connectivity index (χ2v) is 5.10. The van der Waals surface area contributed by atoms with Crippen LogP contribution in [0, 0.1) is 6.92 Å². The topological polar surface area (TPSA) is 64.3 Å². The number of carbonyl (C=O) groups is 1. The first-order chi connectivity index (χ1) is 9.63. The molecule has 0 aliphatic carbocycles. The molecule has 0 saturated heterocycles. The van der Waals surface area contributed by atoms with Crippen molar-refractivity contribution in [3.8, 4) is 0 Å². The monoisotopic (exact) mass is 278 g/mol. The number of nitrogens with two attached hydrogens (primary N) is 1. The number of unbranched alkanes of at least 4 members (excludes halogenated alkanes) is 5. The number of aryl methyl sites for hydroxylation is 1. The highest BCUT2D eigenvalue weighted by molar-refractivity contribution is 5.85. The highest BCUT2D eigenvalue weighted by Gasteiger charge is 2.04. The van der Waals surface area contributed by atoms with E-state index in [1.165, 1.54) is 25.7 Å². The summed E-state index contributed by atoms with van der Waals surface area (Å²) in [4.78, 5) is 11.6. The van der Waals surface area contributed by atoms with Crippen molar-refractivity contribution in [2.45, 2.75) is 52.4 Å². The predicted molar refractivity (Wildman–Crippen MR) is 83.9 cm³/mol. The molecule has 0 fully saturated rings. The third-order valence-electron chi connectivity index (χ3n) is 3.26. The summed E-state index contributed by atoms with van der Waals surface area (Å²) >= 11 is 0. The lowest BCUT2D eigenvalue weighted by Crippen LogP contribution is -2.14. The highest BCUT2D eigenvalue weighted by atomic mass is 16.5. The molecule has 0 aliphatic heterocycles. The Kier molecular flexibility index (Phi) is 7.55. The largest absolute Gasteiger partial charge is 0.449 e. The molecule has 112 valence electrons. The molecule has 1 amide bonds. The fourth-order valence-corrected chi connectivity index (χ4v) is 1.92. The van der Waals surface area contributed by atoms with Crippen LogP contribution in [0.3, 0.4) is 0 Å². The van der Waals surface area contributed by atoms with Crippen molar-refractivity contribution < 1.29 is 9.53 Å². The Hall–Kier alpha value is -1.71. The highest BCUT2D eigenvalue weighted by Crippen LogP contribution is 2.17. The van der Waals surface area contributed by atoms with Crippen molar-refractivity contribution in [2.24, 2.45) is 0 Å². The Balaban J connectivity index is 2.15. The van der Waals surface area contributed by atoms with E-state index >= 15 is 0 Å². The average Bonchev–Trinajstić information content (AvgIpc) is 2.42. The fraction of sp³-hybridized carbons (Fsp3) is 0.562. The molecule has 4 nitrogen and oxygen atoms in total.